The summed E-state index contributed by atoms with van der Waals surface area (Å²) in [5, 5.41) is 0.290. The van der Waals surface area contributed by atoms with Gasteiger partial charge in [0.1, 0.15) is 5.76 Å². The fourth-order valence-corrected chi connectivity index (χ4v) is 3.24. The highest BCUT2D eigenvalue weighted by atomic mass is 32.2. The number of furan rings is 1. The van der Waals surface area contributed by atoms with Gasteiger partial charge in [0.25, 0.3) is 0 Å². The first-order chi connectivity index (χ1) is 8.97. The van der Waals surface area contributed by atoms with Gasteiger partial charge in [-0.2, -0.15) is 0 Å². The minimum Gasteiger partial charge on any atom is -0.468 e. The lowest BCUT2D eigenvalue weighted by molar-refractivity contribution is 0.530. The predicted molar refractivity (Wildman–Crippen MR) is 78.0 cm³/mol. The molecule has 3 nitrogen and oxygen atoms in total. The van der Waals surface area contributed by atoms with Crippen LogP contribution in [0.2, 0.25) is 0 Å². The molecular weight excluding hydrogens is 280 g/mol. The van der Waals surface area contributed by atoms with Crippen molar-refractivity contribution in [3.05, 3.63) is 54.0 Å². The molecule has 0 fully saturated rings. The minimum atomic E-state index is -3.11. The third-order valence-electron chi connectivity index (χ3n) is 2.83. The van der Waals surface area contributed by atoms with Gasteiger partial charge in [-0.05, 0) is 36.8 Å². The van der Waals surface area contributed by atoms with E-state index in [1.165, 1.54) is 6.26 Å². The molecule has 0 radical (unpaired) electrons. The van der Waals surface area contributed by atoms with Gasteiger partial charge in [0.05, 0.1) is 16.9 Å². The quantitative estimate of drug-likeness (QED) is 0.844. The van der Waals surface area contributed by atoms with E-state index in [1.54, 1.807) is 30.2 Å². The largest absolute Gasteiger partial charge is 0.468 e. The summed E-state index contributed by atoms with van der Waals surface area (Å²) < 4.78 is 28.0. The molecule has 0 amide bonds. The molecule has 0 bridgehead atoms. The molecule has 102 valence electrons. The fraction of sp³-hybridized carbons (Fsp3) is 0.286. The first-order valence-corrected chi connectivity index (χ1v) is 8.85. The van der Waals surface area contributed by atoms with E-state index in [4.69, 9.17) is 4.42 Å². The third-order valence-corrected chi connectivity index (χ3v) is 5.19. The summed E-state index contributed by atoms with van der Waals surface area (Å²) in [6, 6.07) is 10.9. The number of hydrogen-bond donors (Lipinski definition) is 0. The van der Waals surface area contributed by atoms with Crippen molar-refractivity contribution in [1.82, 2.24) is 0 Å². The van der Waals surface area contributed by atoms with Crippen LogP contribution in [0.1, 0.15) is 23.5 Å². The molecule has 0 aliphatic heterocycles. The van der Waals surface area contributed by atoms with Crippen molar-refractivity contribution >= 4 is 21.6 Å². The highest BCUT2D eigenvalue weighted by Crippen LogP contribution is 2.31. The van der Waals surface area contributed by atoms with Crippen LogP contribution in [0.5, 0.6) is 0 Å². The fourth-order valence-electron chi connectivity index (χ4n) is 1.68. The van der Waals surface area contributed by atoms with Gasteiger partial charge in [0.2, 0.25) is 0 Å². The van der Waals surface area contributed by atoms with Crippen LogP contribution < -0.4 is 0 Å². The van der Waals surface area contributed by atoms with Crippen LogP contribution in [0, 0.1) is 0 Å². The minimum absolute atomic E-state index is 0.290. The van der Waals surface area contributed by atoms with Crippen LogP contribution in [-0.2, 0) is 15.6 Å². The molecule has 0 saturated heterocycles. The first-order valence-electron chi connectivity index (χ1n) is 5.91. The molecule has 0 aliphatic carbocycles. The van der Waals surface area contributed by atoms with E-state index < -0.39 is 9.84 Å². The Labute approximate surface area is 117 Å². The van der Waals surface area contributed by atoms with Gasteiger partial charge in [0, 0.05) is 11.5 Å². The topological polar surface area (TPSA) is 47.3 Å². The molecule has 5 heteroatoms. The SMILES string of the molecule is CC(SCc1ccco1)c1ccc(S(C)(=O)=O)cc1. The summed E-state index contributed by atoms with van der Waals surface area (Å²) in [6.45, 7) is 2.10. The second-order valence-electron chi connectivity index (χ2n) is 4.37. The Hall–Kier alpha value is -1.20. The van der Waals surface area contributed by atoms with E-state index in [-0.39, 0.29) is 0 Å². The zero-order valence-corrected chi connectivity index (χ0v) is 12.5. The van der Waals surface area contributed by atoms with Crippen molar-refractivity contribution in [2.75, 3.05) is 6.26 Å². The number of thioether (sulfide) groups is 1. The lowest BCUT2D eigenvalue weighted by atomic mass is 10.2. The highest BCUT2D eigenvalue weighted by Gasteiger charge is 2.10. The van der Waals surface area contributed by atoms with Gasteiger partial charge in [-0.1, -0.05) is 12.1 Å². The second kappa shape index (κ2) is 5.84. The Morgan fingerprint density at radius 3 is 2.42 bits per heavy atom. The molecular formula is C14H16O3S2. The lowest BCUT2D eigenvalue weighted by Crippen LogP contribution is -1.97. The Balaban J connectivity index is 2.01. The Morgan fingerprint density at radius 1 is 1.21 bits per heavy atom. The van der Waals surface area contributed by atoms with E-state index in [1.807, 2.05) is 24.3 Å². The van der Waals surface area contributed by atoms with Crippen molar-refractivity contribution in [3.8, 4) is 0 Å². The van der Waals surface area contributed by atoms with E-state index >= 15 is 0 Å². The summed E-state index contributed by atoms with van der Waals surface area (Å²) in [4.78, 5) is 0.361. The number of sulfone groups is 1. The molecule has 1 heterocycles. The van der Waals surface area contributed by atoms with Gasteiger partial charge in [-0.3, -0.25) is 0 Å². The molecule has 1 unspecified atom stereocenters. The maximum atomic E-state index is 11.4. The standard InChI is InChI=1S/C14H16O3S2/c1-11(18-10-13-4-3-9-17-13)12-5-7-14(8-6-12)19(2,15)16/h3-9,11H,10H2,1-2H3. The molecule has 1 aromatic carbocycles. The van der Waals surface area contributed by atoms with Crippen molar-refractivity contribution in [2.24, 2.45) is 0 Å². The first kappa shape index (κ1) is 14.2. The highest BCUT2D eigenvalue weighted by molar-refractivity contribution is 7.98. The molecule has 2 rings (SSSR count). The van der Waals surface area contributed by atoms with Gasteiger partial charge >= 0.3 is 0 Å². The Bertz CT molecular complexity index is 613. The zero-order valence-electron chi connectivity index (χ0n) is 10.9. The average molecular weight is 296 g/mol. The lowest BCUT2D eigenvalue weighted by Gasteiger charge is -2.11. The molecule has 1 atom stereocenters. The Morgan fingerprint density at radius 2 is 1.89 bits per heavy atom. The molecule has 0 saturated carbocycles. The van der Waals surface area contributed by atoms with Crippen LogP contribution in [0.15, 0.2) is 52.0 Å². The van der Waals surface area contributed by atoms with Gasteiger partial charge in [-0.15, -0.1) is 11.8 Å². The summed E-state index contributed by atoms with van der Waals surface area (Å²) in [5.41, 5.74) is 1.11. The van der Waals surface area contributed by atoms with Crippen molar-refractivity contribution in [2.45, 2.75) is 22.8 Å². The van der Waals surface area contributed by atoms with Crippen LogP contribution in [0.4, 0.5) is 0 Å². The molecule has 1 aromatic heterocycles. The van der Waals surface area contributed by atoms with E-state index in [2.05, 4.69) is 6.92 Å². The molecule has 19 heavy (non-hydrogen) atoms. The maximum Gasteiger partial charge on any atom is 0.175 e. The summed E-state index contributed by atoms with van der Waals surface area (Å²) in [7, 11) is -3.11. The van der Waals surface area contributed by atoms with Crippen molar-refractivity contribution in [3.63, 3.8) is 0 Å². The average Bonchev–Trinajstić information content (AvgIpc) is 2.88. The molecule has 0 spiro atoms. The normalized spacial score (nSPS) is 13.4. The zero-order chi connectivity index (χ0) is 13.9. The van der Waals surface area contributed by atoms with Gasteiger partial charge in [0.15, 0.2) is 9.84 Å². The van der Waals surface area contributed by atoms with E-state index in [9.17, 15) is 8.42 Å². The smallest absolute Gasteiger partial charge is 0.175 e. The Kier molecular flexibility index (Phi) is 4.37. The van der Waals surface area contributed by atoms with Crippen molar-refractivity contribution in [1.29, 1.82) is 0 Å². The van der Waals surface area contributed by atoms with Crippen molar-refractivity contribution < 1.29 is 12.8 Å². The summed E-state index contributed by atoms with van der Waals surface area (Å²) in [5.74, 6) is 1.76. The van der Waals surface area contributed by atoms with E-state index in [0.29, 0.717) is 10.1 Å². The summed E-state index contributed by atoms with van der Waals surface area (Å²) in [6.07, 6.45) is 2.89. The third kappa shape index (κ3) is 3.88. The second-order valence-corrected chi connectivity index (χ2v) is 7.72. The number of benzene rings is 1. The van der Waals surface area contributed by atoms with E-state index in [0.717, 1.165) is 17.1 Å². The number of rotatable bonds is 5. The van der Waals surface area contributed by atoms with Crippen LogP contribution in [0.3, 0.4) is 0 Å². The van der Waals surface area contributed by atoms with Gasteiger partial charge < -0.3 is 4.42 Å². The monoisotopic (exact) mass is 296 g/mol. The van der Waals surface area contributed by atoms with Crippen LogP contribution in [0.25, 0.3) is 0 Å². The molecule has 2 aromatic rings. The summed E-state index contributed by atoms with van der Waals surface area (Å²) >= 11 is 1.76. The molecule has 0 N–H and O–H groups in total. The number of hydrogen-bond acceptors (Lipinski definition) is 4. The van der Waals surface area contributed by atoms with Crippen LogP contribution in [-0.4, -0.2) is 14.7 Å². The predicted octanol–water partition coefficient (Wildman–Crippen LogP) is 3.68. The maximum absolute atomic E-state index is 11.4. The molecule has 0 aliphatic rings. The van der Waals surface area contributed by atoms with Gasteiger partial charge in [-0.25, -0.2) is 8.42 Å². The van der Waals surface area contributed by atoms with Crippen LogP contribution >= 0.6 is 11.8 Å².